The largest absolute Gasteiger partial charge is 0.306 e. The quantitative estimate of drug-likeness (QED) is 0.682. The second kappa shape index (κ2) is 4.10. The molecule has 1 aliphatic heterocycles. The van der Waals surface area contributed by atoms with Crippen LogP contribution in [0.4, 0.5) is 0 Å². The van der Waals surface area contributed by atoms with Crippen molar-refractivity contribution in [1.29, 1.82) is 0 Å². The Bertz CT molecular complexity index is 332. The number of hydrogen-bond acceptors (Lipinski definition) is 5. The maximum Gasteiger partial charge on any atom is 0.202 e. The number of nitrogens with one attached hydrogen (secondary N) is 1. The molecule has 0 bridgehead atoms. The Morgan fingerprint density at radius 1 is 1.79 bits per heavy atom. The van der Waals surface area contributed by atoms with Gasteiger partial charge in [0, 0.05) is 25.1 Å². The van der Waals surface area contributed by atoms with Crippen LogP contribution in [0.3, 0.4) is 0 Å². The number of ketones is 1. The molecule has 1 aliphatic rings. The van der Waals surface area contributed by atoms with Gasteiger partial charge in [0.2, 0.25) is 5.78 Å². The van der Waals surface area contributed by atoms with Gasteiger partial charge in [-0.25, -0.2) is 0 Å². The maximum absolute atomic E-state index is 11.8. The van der Waals surface area contributed by atoms with Gasteiger partial charge in [0.05, 0.1) is 12.2 Å². The van der Waals surface area contributed by atoms with E-state index in [4.69, 9.17) is 0 Å². The zero-order chi connectivity index (χ0) is 9.97. The Hall–Kier alpha value is -0.880. The van der Waals surface area contributed by atoms with Crippen molar-refractivity contribution in [3.8, 4) is 0 Å². The van der Waals surface area contributed by atoms with E-state index in [-0.39, 0.29) is 11.8 Å². The molecule has 14 heavy (non-hydrogen) atoms. The van der Waals surface area contributed by atoms with Gasteiger partial charge < -0.3 is 5.32 Å². The molecule has 2 rings (SSSR count). The number of carbonyl (C=O) groups excluding carboxylic acids is 1. The number of carbonyl (C=O) groups is 1. The van der Waals surface area contributed by atoms with Gasteiger partial charge in [0.15, 0.2) is 0 Å². The van der Waals surface area contributed by atoms with E-state index in [1.165, 1.54) is 11.0 Å². The van der Waals surface area contributed by atoms with Crippen molar-refractivity contribution < 1.29 is 4.79 Å². The van der Waals surface area contributed by atoms with Gasteiger partial charge in [-0.3, -0.25) is 4.79 Å². The Kier molecular flexibility index (Phi) is 2.83. The number of nitrogens with zero attached hydrogens (tertiary/aromatic N) is 3. The third-order valence-corrected chi connectivity index (χ3v) is 3.15. The maximum atomic E-state index is 11.8. The molecule has 5 nitrogen and oxygen atoms in total. The molecule has 1 N–H and O–H groups in total. The van der Waals surface area contributed by atoms with Crippen LogP contribution in [0.2, 0.25) is 0 Å². The molecule has 0 amide bonds. The smallest absolute Gasteiger partial charge is 0.202 e. The molecule has 2 heterocycles. The van der Waals surface area contributed by atoms with E-state index >= 15 is 0 Å². The summed E-state index contributed by atoms with van der Waals surface area (Å²) in [7, 11) is 1.71. The average Bonchev–Trinajstić information content (AvgIpc) is 2.65. The molecule has 6 heteroatoms. The Morgan fingerprint density at radius 2 is 2.64 bits per heavy atom. The highest BCUT2D eigenvalue weighted by Gasteiger charge is 2.24. The first-order valence-electron chi connectivity index (χ1n) is 4.49. The second-order valence-electron chi connectivity index (χ2n) is 3.17. The van der Waals surface area contributed by atoms with Gasteiger partial charge in [-0.2, -0.15) is 26.8 Å². The molecule has 0 aliphatic carbocycles. The zero-order valence-corrected chi connectivity index (χ0v) is 8.75. The summed E-state index contributed by atoms with van der Waals surface area (Å²) in [6.07, 6.45) is 1.52. The summed E-state index contributed by atoms with van der Waals surface area (Å²) in [6, 6.07) is -0.0922. The highest BCUT2D eigenvalue weighted by molar-refractivity contribution is 7.99. The summed E-state index contributed by atoms with van der Waals surface area (Å²) in [5.41, 5.74) is 0.451. The van der Waals surface area contributed by atoms with Gasteiger partial charge in [-0.15, -0.1) is 0 Å². The van der Waals surface area contributed by atoms with E-state index in [9.17, 15) is 4.79 Å². The number of thioether (sulfide) groups is 1. The van der Waals surface area contributed by atoms with Crippen LogP contribution in [0, 0.1) is 0 Å². The predicted octanol–water partition coefficient (Wildman–Crippen LogP) is -0.297. The molecular weight excluding hydrogens is 200 g/mol. The van der Waals surface area contributed by atoms with E-state index in [0.717, 1.165) is 18.1 Å². The minimum Gasteiger partial charge on any atom is -0.306 e. The van der Waals surface area contributed by atoms with Gasteiger partial charge in [0.25, 0.3) is 0 Å². The zero-order valence-electron chi connectivity index (χ0n) is 7.93. The van der Waals surface area contributed by atoms with Crippen molar-refractivity contribution in [1.82, 2.24) is 20.3 Å². The molecule has 1 aromatic heterocycles. The fraction of sp³-hybridized carbons (Fsp3) is 0.625. The molecule has 76 valence electrons. The summed E-state index contributed by atoms with van der Waals surface area (Å²) in [5.74, 6) is 1.95. The standard InChI is InChI=1S/C8H12N4OS/c1-12-10-4-6(11-12)8(13)7-5-14-3-2-9-7/h4,7,9H,2-3,5H2,1H3. The number of Topliss-reactive ketones (excluding diaryl/α,β-unsaturated/α-hetero) is 1. The second-order valence-corrected chi connectivity index (χ2v) is 4.31. The summed E-state index contributed by atoms with van der Waals surface area (Å²) < 4.78 is 0. The van der Waals surface area contributed by atoms with Crippen LogP contribution in [0.15, 0.2) is 6.20 Å². The van der Waals surface area contributed by atoms with Gasteiger partial charge in [0.1, 0.15) is 5.69 Å². The number of aryl methyl sites for hydroxylation is 1. The third-order valence-electron chi connectivity index (χ3n) is 2.09. The highest BCUT2D eigenvalue weighted by atomic mass is 32.2. The monoisotopic (exact) mass is 212 g/mol. The lowest BCUT2D eigenvalue weighted by molar-refractivity contribution is 0.0947. The minimum atomic E-state index is -0.0922. The van der Waals surface area contributed by atoms with Crippen molar-refractivity contribution in [2.24, 2.45) is 7.05 Å². The van der Waals surface area contributed by atoms with Crippen LogP contribution in [-0.4, -0.2) is 44.9 Å². The summed E-state index contributed by atoms with van der Waals surface area (Å²) in [6.45, 7) is 0.890. The molecular formula is C8H12N4OS. The van der Waals surface area contributed by atoms with Crippen molar-refractivity contribution in [2.45, 2.75) is 6.04 Å². The lowest BCUT2D eigenvalue weighted by Crippen LogP contribution is -2.43. The minimum absolute atomic E-state index is 0.0466. The number of aromatic nitrogens is 3. The van der Waals surface area contributed by atoms with Gasteiger partial charge in [-0.1, -0.05) is 0 Å². The summed E-state index contributed by atoms with van der Waals surface area (Å²) in [5, 5.41) is 11.1. The fourth-order valence-electron chi connectivity index (χ4n) is 1.37. The van der Waals surface area contributed by atoms with Crippen LogP contribution < -0.4 is 5.32 Å². The number of hydrogen-bond donors (Lipinski definition) is 1. The first-order chi connectivity index (χ1) is 6.77. The van der Waals surface area contributed by atoms with E-state index in [2.05, 4.69) is 15.5 Å². The lowest BCUT2D eigenvalue weighted by atomic mass is 10.1. The van der Waals surface area contributed by atoms with Crippen LogP contribution in [0.5, 0.6) is 0 Å². The molecule has 0 aromatic carbocycles. The topological polar surface area (TPSA) is 59.8 Å². The molecule has 0 radical (unpaired) electrons. The van der Waals surface area contributed by atoms with Crippen molar-refractivity contribution in [3.05, 3.63) is 11.9 Å². The fourth-order valence-corrected chi connectivity index (χ4v) is 2.30. The Labute approximate surface area is 86.2 Å². The van der Waals surface area contributed by atoms with Gasteiger partial charge in [-0.05, 0) is 0 Å². The Balaban J connectivity index is 2.07. The van der Waals surface area contributed by atoms with Crippen LogP contribution in [0.25, 0.3) is 0 Å². The molecule has 1 saturated heterocycles. The van der Waals surface area contributed by atoms with Gasteiger partial charge >= 0.3 is 0 Å². The summed E-state index contributed by atoms with van der Waals surface area (Å²) >= 11 is 1.79. The first kappa shape index (κ1) is 9.67. The van der Waals surface area contributed by atoms with Crippen LogP contribution in [0.1, 0.15) is 10.5 Å². The number of rotatable bonds is 2. The molecule has 1 unspecified atom stereocenters. The lowest BCUT2D eigenvalue weighted by Gasteiger charge is -2.20. The molecule has 0 spiro atoms. The van der Waals surface area contributed by atoms with Crippen molar-refractivity contribution in [2.75, 3.05) is 18.1 Å². The summed E-state index contributed by atoms with van der Waals surface area (Å²) in [4.78, 5) is 13.2. The predicted molar refractivity (Wildman–Crippen MR) is 54.4 cm³/mol. The normalized spacial score (nSPS) is 22.2. The first-order valence-corrected chi connectivity index (χ1v) is 5.64. The Morgan fingerprint density at radius 3 is 3.21 bits per heavy atom. The van der Waals surface area contributed by atoms with E-state index < -0.39 is 0 Å². The van der Waals surface area contributed by atoms with E-state index in [1.807, 2.05) is 0 Å². The SMILES string of the molecule is Cn1ncc(C(=O)C2CSCCN2)n1. The van der Waals surface area contributed by atoms with E-state index in [1.54, 1.807) is 18.8 Å². The molecule has 1 fully saturated rings. The van der Waals surface area contributed by atoms with Crippen LogP contribution >= 0.6 is 11.8 Å². The van der Waals surface area contributed by atoms with Crippen molar-refractivity contribution in [3.63, 3.8) is 0 Å². The van der Waals surface area contributed by atoms with E-state index in [0.29, 0.717) is 5.69 Å². The highest BCUT2D eigenvalue weighted by Crippen LogP contribution is 2.10. The third kappa shape index (κ3) is 1.96. The average molecular weight is 212 g/mol. The molecule has 1 atom stereocenters. The molecule has 0 saturated carbocycles. The molecule has 1 aromatic rings. The van der Waals surface area contributed by atoms with Crippen molar-refractivity contribution >= 4 is 17.5 Å². The van der Waals surface area contributed by atoms with Crippen LogP contribution in [-0.2, 0) is 7.05 Å².